The second kappa shape index (κ2) is 5.34. The normalized spacial score (nSPS) is 11.4. The van der Waals surface area contributed by atoms with Gasteiger partial charge >= 0.3 is 0 Å². The predicted molar refractivity (Wildman–Crippen MR) is 61.5 cm³/mol. The predicted octanol–water partition coefficient (Wildman–Crippen LogP) is 0.370. The maximum Gasteiger partial charge on any atom is 0.174 e. The number of halogens is 1. The third-order valence-electron chi connectivity index (χ3n) is 1.95. The molecule has 0 bridgehead atoms. The molecule has 2 N–H and O–H groups in total. The van der Waals surface area contributed by atoms with Crippen molar-refractivity contribution in [2.45, 2.75) is 13.0 Å². The minimum Gasteiger partial charge on any atom is -0.322 e. The molecule has 0 aliphatic carbocycles. The quantitative estimate of drug-likeness (QED) is 0.826. The van der Waals surface area contributed by atoms with Crippen LogP contribution in [0.15, 0.2) is 18.7 Å². The molecule has 0 amide bonds. The number of hydrogen-bond donors (Lipinski definition) is 1. The fourth-order valence-corrected chi connectivity index (χ4v) is 1.23. The van der Waals surface area contributed by atoms with E-state index in [2.05, 4.69) is 20.1 Å². The van der Waals surface area contributed by atoms with E-state index in [4.69, 9.17) is 11.0 Å². The first kappa shape index (κ1) is 13.0. The van der Waals surface area contributed by atoms with Gasteiger partial charge in [-0.1, -0.05) is 0 Å². The van der Waals surface area contributed by atoms with Crippen molar-refractivity contribution in [1.29, 1.82) is 5.26 Å². The van der Waals surface area contributed by atoms with Crippen molar-refractivity contribution < 1.29 is 0 Å². The van der Waals surface area contributed by atoms with Crippen LogP contribution in [0.5, 0.6) is 0 Å². The number of nitrogens with zero attached hydrogens (tertiary/aromatic N) is 6. The Balaban J connectivity index is 0.00000144. The van der Waals surface area contributed by atoms with Crippen LogP contribution in [0, 0.1) is 11.3 Å². The molecule has 0 fully saturated rings. The zero-order valence-corrected chi connectivity index (χ0v) is 9.79. The summed E-state index contributed by atoms with van der Waals surface area (Å²) in [5.41, 5.74) is 5.98. The van der Waals surface area contributed by atoms with Gasteiger partial charge in [-0.25, -0.2) is 15.0 Å². The lowest BCUT2D eigenvalue weighted by Crippen LogP contribution is -2.14. The van der Waals surface area contributed by atoms with E-state index in [9.17, 15) is 0 Å². The number of nitrogens with two attached hydrogens (primary N) is 1. The smallest absolute Gasteiger partial charge is 0.174 e. The summed E-state index contributed by atoms with van der Waals surface area (Å²) in [5.74, 6) is 1.09. The molecule has 2 aromatic rings. The molecule has 0 saturated heterocycles. The SMILES string of the molecule is C[C@H](N)c1ncnn1-c1cnc(C#N)cn1.Cl. The Bertz CT molecular complexity index is 525. The lowest BCUT2D eigenvalue weighted by molar-refractivity contribution is 0.679. The van der Waals surface area contributed by atoms with Crippen molar-refractivity contribution in [3.05, 3.63) is 30.2 Å². The van der Waals surface area contributed by atoms with E-state index >= 15 is 0 Å². The van der Waals surface area contributed by atoms with Gasteiger partial charge in [-0.05, 0) is 6.92 Å². The molecular weight excluding hydrogens is 242 g/mol. The van der Waals surface area contributed by atoms with E-state index in [1.54, 1.807) is 6.92 Å². The lowest BCUT2D eigenvalue weighted by Gasteiger charge is -2.06. The summed E-state index contributed by atoms with van der Waals surface area (Å²) >= 11 is 0. The summed E-state index contributed by atoms with van der Waals surface area (Å²) in [6.07, 6.45) is 4.24. The molecule has 7 nitrogen and oxygen atoms in total. The van der Waals surface area contributed by atoms with Crippen LogP contribution >= 0.6 is 12.4 Å². The molecule has 0 unspecified atom stereocenters. The van der Waals surface area contributed by atoms with Gasteiger partial charge in [-0.2, -0.15) is 15.0 Å². The van der Waals surface area contributed by atoms with Crippen LogP contribution in [-0.4, -0.2) is 24.7 Å². The Kier molecular flexibility index (Phi) is 4.09. The maximum absolute atomic E-state index is 8.59. The largest absolute Gasteiger partial charge is 0.322 e. The minimum atomic E-state index is -0.250. The van der Waals surface area contributed by atoms with Crippen LogP contribution in [0.1, 0.15) is 24.5 Å². The summed E-state index contributed by atoms with van der Waals surface area (Å²) in [6.45, 7) is 1.80. The van der Waals surface area contributed by atoms with E-state index in [0.29, 0.717) is 11.6 Å². The molecule has 88 valence electrons. The zero-order valence-electron chi connectivity index (χ0n) is 8.98. The van der Waals surface area contributed by atoms with Crippen molar-refractivity contribution in [2.24, 2.45) is 5.73 Å². The molecule has 0 aliphatic rings. The molecule has 0 saturated carbocycles. The fourth-order valence-electron chi connectivity index (χ4n) is 1.23. The highest BCUT2D eigenvalue weighted by Gasteiger charge is 2.11. The fraction of sp³-hybridized carbons (Fsp3) is 0.222. The van der Waals surface area contributed by atoms with Gasteiger partial charge in [0.1, 0.15) is 12.4 Å². The van der Waals surface area contributed by atoms with E-state index in [-0.39, 0.29) is 24.1 Å². The average molecular weight is 252 g/mol. The average Bonchev–Trinajstić information content (AvgIpc) is 2.78. The summed E-state index contributed by atoms with van der Waals surface area (Å²) < 4.78 is 1.50. The van der Waals surface area contributed by atoms with Gasteiger partial charge in [-0.15, -0.1) is 12.4 Å². The summed E-state index contributed by atoms with van der Waals surface area (Å²) in [5, 5.41) is 12.6. The highest BCUT2D eigenvalue weighted by Crippen LogP contribution is 2.09. The van der Waals surface area contributed by atoms with E-state index < -0.39 is 0 Å². The summed E-state index contributed by atoms with van der Waals surface area (Å²) in [4.78, 5) is 12.0. The Morgan fingerprint density at radius 2 is 2.12 bits per heavy atom. The van der Waals surface area contributed by atoms with Gasteiger partial charge in [0.25, 0.3) is 0 Å². The molecule has 0 aromatic carbocycles. The van der Waals surface area contributed by atoms with Crippen LogP contribution in [0.4, 0.5) is 0 Å². The monoisotopic (exact) mass is 251 g/mol. The summed E-state index contributed by atoms with van der Waals surface area (Å²) in [6, 6.07) is 1.64. The van der Waals surface area contributed by atoms with Crippen molar-refractivity contribution in [2.75, 3.05) is 0 Å². The Hall–Kier alpha value is -2.04. The van der Waals surface area contributed by atoms with Crippen molar-refractivity contribution in [3.8, 4) is 11.9 Å². The summed E-state index contributed by atoms with van der Waals surface area (Å²) in [7, 11) is 0. The van der Waals surface area contributed by atoms with Gasteiger partial charge < -0.3 is 5.73 Å². The van der Waals surface area contributed by atoms with Crippen molar-refractivity contribution >= 4 is 12.4 Å². The Labute approximate surface area is 104 Å². The lowest BCUT2D eigenvalue weighted by atomic mass is 10.3. The van der Waals surface area contributed by atoms with E-state index in [1.807, 2.05) is 6.07 Å². The van der Waals surface area contributed by atoms with Crippen molar-refractivity contribution in [3.63, 3.8) is 0 Å². The van der Waals surface area contributed by atoms with Gasteiger partial charge in [0.15, 0.2) is 17.3 Å². The molecule has 2 rings (SSSR count). The van der Waals surface area contributed by atoms with Crippen LogP contribution in [0.3, 0.4) is 0 Å². The zero-order chi connectivity index (χ0) is 11.5. The Morgan fingerprint density at radius 1 is 1.35 bits per heavy atom. The topological polar surface area (TPSA) is 106 Å². The van der Waals surface area contributed by atoms with Crippen LogP contribution in [-0.2, 0) is 0 Å². The first-order chi connectivity index (χ1) is 7.72. The highest BCUT2D eigenvalue weighted by atomic mass is 35.5. The second-order valence-electron chi connectivity index (χ2n) is 3.19. The van der Waals surface area contributed by atoms with Gasteiger partial charge in [0.05, 0.1) is 18.4 Å². The van der Waals surface area contributed by atoms with E-state index in [0.717, 1.165) is 0 Å². The third kappa shape index (κ3) is 2.55. The molecule has 2 heterocycles. The molecule has 0 radical (unpaired) electrons. The molecule has 1 atom stereocenters. The van der Waals surface area contributed by atoms with Crippen LogP contribution in [0.25, 0.3) is 5.82 Å². The number of nitriles is 1. The van der Waals surface area contributed by atoms with Crippen LogP contribution in [0.2, 0.25) is 0 Å². The number of aromatic nitrogens is 5. The van der Waals surface area contributed by atoms with Gasteiger partial charge in [-0.3, -0.25) is 0 Å². The molecular formula is C9H10ClN7. The molecule has 0 aliphatic heterocycles. The van der Waals surface area contributed by atoms with Crippen molar-refractivity contribution in [1.82, 2.24) is 24.7 Å². The highest BCUT2D eigenvalue weighted by molar-refractivity contribution is 5.85. The number of rotatable bonds is 2. The first-order valence-electron chi connectivity index (χ1n) is 4.60. The van der Waals surface area contributed by atoms with Crippen LogP contribution < -0.4 is 5.73 Å². The minimum absolute atomic E-state index is 0. The van der Waals surface area contributed by atoms with E-state index in [1.165, 1.54) is 23.4 Å². The molecule has 8 heteroatoms. The standard InChI is InChI=1S/C9H9N7.ClH/c1-6(11)9-14-5-15-16(9)8-4-12-7(2-10)3-13-8;/h3-6H,11H2,1H3;1H/t6-;/m0./s1. The van der Waals surface area contributed by atoms with Gasteiger partial charge in [0.2, 0.25) is 0 Å². The number of hydrogen-bond acceptors (Lipinski definition) is 6. The maximum atomic E-state index is 8.59. The third-order valence-corrected chi connectivity index (χ3v) is 1.95. The molecule has 17 heavy (non-hydrogen) atoms. The first-order valence-corrected chi connectivity index (χ1v) is 4.60. The molecule has 0 spiro atoms. The van der Waals surface area contributed by atoms with Gasteiger partial charge in [0, 0.05) is 0 Å². The molecule has 2 aromatic heterocycles. The second-order valence-corrected chi connectivity index (χ2v) is 3.19. The Morgan fingerprint density at radius 3 is 2.65 bits per heavy atom.